The van der Waals surface area contributed by atoms with Crippen LogP contribution in [0.25, 0.3) is 0 Å². The topological polar surface area (TPSA) is 73.0 Å². The summed E-state index contributed by atoms with van der Waals surface area (Å²) in [4.78, 5) is 12.9. The zero-order valence-corrected chi connectivity index (χ0v) is 17.5. The molecule has 1 amide bonds. The number of aromatic nitrogens is 3. The third-order valence-corrected chi connectivity index (χ3v) is 5.88. The third-order valence-electron chi connectivity index (χ3n) is 5.88. The van der Waals surface area contributed by atoms with E-state index in [1.54, 1.807) is 0 Å². The molecule has 0 bridgehead atoms. The molecule has 0 fully saturated rings. The molecule has 1 N–H and O–H groups in total. The van der Waals surface area contributed by atoms with Crippen molar-refractivity contribution in [3.8, 4) is 0 Å². The number of carbonyl (C=O) groups is 1. The molecule has 2 heterocycles. The van der Waals surface area contributed by atoms with Crippen LogP contribution in [0.4, 0.5) is 5.82 Å². The van der Waals surface area contributed by atoms with Gasteiger partial charge in [-0.1, -0.05) is 56.3 Å². The summed E-state index contributed by atoms with van der Waals surface area (Å²) in [5.74, 6) is 1.63. The van der Waals surface area contributed by atoms with Crippen molar-refractivity contribution in [1.82, 2.24) is 14.9 Å². The van der Waals surface area contributed by atoms with Crippen LogP contribution in [-0.2, 0) is 19.4 Å². The minimum atomic E-state index is -0.256. The summed E-state index contributed by atoms with van der Waals surface area (Å²) in [6, 6.07) is 12.0. The van der Waals surface area contributed by atoms with Crippen molar-refractivity contribution in [3.63, 3.8) is 0 Å². The Morgan fingerprint density at radius 3 is 2.76 bits per heavy atom. The monoisotopic (exact) mass is 392 g/mol. The molecule has 0 radical (unpaired) electrons. The van der Waals surface area contributed by atoms with Crippen molar-refractivity contribution in [1.29, 1.82) is 0 Å². The molecule has 1 aliphatic carbocycles. The van der Waals surface area contributed by atoms with Crippen LogP contribution in [0.15, 0.2) is 40.9 Å². The molecule has 6 heteroatoms. The Morgan fingerprint density at radius 2 is 2.03 bits per heavy atom. The SMILES string of the molecule is Cc1cc(NC(=O)c2noc3c2CC(C(C)(C)C)CC3)nn1Cc1ccccc1. The Morgan fingerprint density at radius 1 is 1.28 bits per heavy atom. The van der Waals surface area contributed by atoms with Crippen LogP contribution in [0.1, 0.15) is 60.3 Å². The van der Waals surface area contributed by atoms with Gasteiger partial charge in [-0.2, -0.15) is 5.10 Å². The van der Waals surface area contributed by atoms with Crippen LogP contribution in [0.3, 0.4) is 0 Å². The zero-order valence-electron chi connectivity index (χ0n) is 17.5. The molecule has 3 aromatic rings. The lowest BCUT2D eigenvalue weighted by Crippen LogP contribution is -2.27. The highest BCUT2D eigenvalue weighted by atomic mass is 16.5. The summed E-state index contributed by atoms with van der Waals surface area (Å²) >= 11 is 0. The first-order chi connectivity index (χ1) is 13.8. The van der Waals surface area contributed by atoms with E-state index in [0.29, 0.717) is 24.0 Å². The van der Waals surface area contributed by atoms with Crippen molar-refractivity contribution in [2.75, 3.05) is 5.32 Å². The van der Waals surface area contributed by atoms with Gasteiger partial charge in [0.15, 0.2) is 11.5 Å². The lowest BCUT2D eigenvalue weighted by atomic mass is 9.71. The number of anilines is 1. The van der Waals surface area contributed by atoms with Crippen LogP contribution < -0.4 is 5.32 Å². The van der Waals surface area contributed by atoms with Crippen LogP contribution in [-0.4, -0.2) is 20.8 Å². The van der Waals surface area contributed by atoms with Crippen LogP contribution >= 0.6 is 0 Å². The van der Waals surface area contributed by atoms with Gasteiger partial charge in [0.25, 0.3) is 5.91 Å². The number of carbonyl (C=O) groups excluding carboxylic acids is 1. The molecule has 0 aliphatic heterocycles. The first kappa shape index (κ1) is 19.4. The number of nitrogens with one attached hydrogen (secondary N) is 1. The lowest BCUT2D eigenvalue weighted by molar-refractivity contribution is 0.101. The van der Waals surface area contributed by atoms with Crippen molar-refractivity contribution in [2.24, 2.45) is 11.3 Å². The normalized spacial score (nSPS) is 16.5. The van der Waals surface area contributed by atoms with E-state index in [0.717, 1.165) is 41.8 Å². The van der Waals surface area contributed by atoms with Gasteiger partial charge < -0.3 is 9.84 Å². The van der Waals surface area contributed by atoms with Gasteiger partial charge in [-0.25, -0.2) is 0 Å². The van der Waals surface area contributed by atoms with E-state index in [9.17, 15) is 4.79 Å². The maximum Gasteiger partial charge on any atom is 0.279 e. The summed E-state index contributed by atoms with van der Waals surface area (Å²) < 4.78 is 7.37. The predicted octanol–water partition coefficient (Wildman–Crippen LogP) is 4.63. The molecular weight excluding hydrogens is 364 g/mol. The van der Waals surface area contributed by atoms with Gasteiger partial charge in [-0.3, -0.25) is 9.48 Å². The molecule has 29 heavy (non-hydrogen) atoms. The van der Waals surface area contributed by atoms with E-state index in [4.69, 9.17) is 4.52 Å². The first-order valence-corrected chi connectivity index (χ1v) is 10.2. The average molecular weight is 393 g/mol. The van der Waals surface area contributed by atoms with E-state index < -0.39 is 0 Å². The lowest BCUT2D eigenvalue weighted by Gasteiger charge is -2.33. The Labute approximate surface area is 171 Å². The zero-order chi connectivity index (χ0) is 20.6. The van der Waals surface area contributed by atoms with E-state index in [1.807, 2.05) is 35.9 Å². The van der Waals surface area contributed by atoms with E-state index >= 15 is 0 Å². The summed E-state index contributed by atoms with van der Waals surface area (Å²) in [6.45, 7) is 9.39. The molecular formula is C23H28N4O2. The Balaban J connectivity index is 1.50. The van der Waals surface area contributed by atoms with Crippen molar-refractivity contribution >= 4 is 11.7 Å². The summed E-state index contributed by atoms with van der Waals surface area (Å²) in [7, 11) is 0. The minimum absolute atomic E-state index is 0.191. The van der Waals surface area contributed by atoms with Crippen molar-refractivity contribution < 1.29 is 9.32 Å². The number of amides is 1. The molecule has 6 nitrogen and oxygen atoms in total. The molecule has 1 atom stereocenters. The third kappa shape index (κ3) is 4.11. The van der Waals surface area contributed by atoms with Gasteiger partial charge in [0.05, 0.1) is 6.54 Å². The fourth-order valence-corrected chi connectivity index (χ4v) is 3.98. The Kier molecular flexibility index (Phi) is 5.03. The van der Waals surface area contributed by atoms with Gasteiger partial charge in [-0.15, -0.1) is 0 Å². The standard InChI is InChI=1S/C23H28N4O2/c1-15-12-20(25-27(15)14-16-8-6-5-7-9-16)24-22(28)21-18-13-17(23(2,3)4)10-11-19(18)29-26-21/h5-9,12,17H,10-11,13-14H2,1-4H3,(H,24,25,28). The average Bonchev–Trinajstić information content (AvgIpc) is 3.25. The highest BCUT2D eigenvalue weighted by Crippen LogP contribution is 2.38. The number of hydrogen-bond donors (Lipinski definition) is 1. The molecule has 1 aliphatic rings. The van der Waals surface area contributed by atoms with Crippen LogP contribution in [0.5, 0.6) is 0 Å². The summed E-state index contributed by atoms with van der Waals surface area (Å²) in [5, 5.41) is 11.5. The Hall–Kier alpha value is -2.89. The van der Waals surface area contributed by atoms with E-state index in [-0.39, 0.29) is 11.3 Å². The van der Waals surface area contributed by atoms with Crippen molar-refractivity contribution in [3.05, 3.63) is 64.7 Å². The molecule has 152 valence electrons. The number of benzene rings is 1. The molecule has 1 unspecified atom stereocenters. The largest absolute Gasteiger partial charge is 0.360 e. The molecule has 0 saturated carbocycles. The fourth-order valence-electron chi connectivity index (χ4n) is 3.98. The second kappa shape index (κ2) is 7.50. The Bertz CT molecular complexity index is 1010. The van der Waals surface area contributed by atoms with Crippen LogP contribution in [0.2, 0.25) is 0 Å². The highest BCUT2D eigenvalue weighted by Gasteiger charge is 2.34. The van der Waals surface area contributed by atoms with Gasteiger partial charge in [0.2, 0.25) is 0 Å². The maximum absolute atomic E-state index is 12.9. The molecule has 0 spiro atoms. The van der Waals surface area contributed by atoms with Gasteiger partial charge in [0.1, 0.15) is 5.76 Å². The maximum atomic E-state index is 12.9. The quantitative estimate of drug-likeness (QED) is 0.702. The highest BCUT2D eigenvalue weighted by molar-refractivity contribution is 6.03. The first-order valence-electron chi connectivity index (χ1n) is 10.2. The molecule has 2 aromatic heterocycles. The fraction of sp³-hybridized carbons (Fsp3) is 0.435. The van der Waals surface area contributed by atoms with Crippen LogP contribution in [0, 0.1) is 18.3 Å². The summed E-state index contributed by atoms with van der Waals surface area (Å²) in [5.41, 5.74) is 3.68. The number of rotatable bonds is 4. The van der Waals surface area contributed by atoms with Gasteiger partial charge in [0, 0.05) is 23.7 Å². The second-order valence-electron chi connectivity index (χ2n) is 9.01. The smallest absolute Gasteiger partial charge is 0.279 e. The molecule has 1 aromatic carbocycles. The number of fused-ring (bicyclic) bond motifs is 1. The second-order valence-corrected chi connectivity index (χ2v) is 9.01. The van der Waals surface area contributed by atoms with Crippen molar-refractivity contribution in [2.45, 2.75) is 53.5 Å². The van der Waals surface area contributed by atoms with Gasteiger partial charge >= 0.3 is 0 Å². The van der Waals surface area contributed by atoms with E-state index in [1.165, 1.54) is 0 Å². The minimum Gasteiger partial charge on any atom is -0.360 e. The molecule has 0 saturated heterocycles. The molecule has 4 rings (SSSR count). The number of hydrogen-bond acceptors (Lipinski definition) is 4. The van der Waals surface area contributed by atoms with E-state index in [2.05, 4.69) is 48.5 Å². The predicted molar refractivity (Wildman–Crippen MR) is 112 cm³/mol. The summed E-state index contributed by atoms with van der Waals surface area (Å²) in [6.07, 6.45) is 2.73. The number of nitrogens with zero attached hydrogens (tertiary/aromatic N) is 3. The number of aryl methyl sites for hydroxylation is 2. The van der Waals surface area contributed by atoms with Gasteiger partial charge in [-0.05, 0) is 36.7 Å².